The highest BCUT2D eigenvalue weighted by atomic mass is 16.4. The minimum Gasteiger partial charge on any atom is -0.481 e. The number of hydrogen-bond acceptors (Lipinski definition) is 4. The van der Waals surface area contributed by atoms with E-state index in [2.05, 4.69) is 5.32 Å². The predicted octanol–water partition coefficient (Wildman–Crippen LogP) is -0.609. The minimum atomic E-state index is -1.07. The molecule has 1 rings (SSSR count). The molecular weight excluding hydrogens is 274 g/mol. The van der Waals surface area contributed by atoms with Gasteiger partial charge in [-0.3, -0.25) is 14.4 Å². The molecule has 0 unspecified atom stereocenters. The number of primary amides is 1. The van der Waals surface area contributed by atoms with Gasteiger partial charge < -0.3 is 21.9 Å². The Morgan fingerprint density at radius 1 is 1.19 bits per heavy atom. The zero-order valence-electron chi connectivity index (χ0n) is 11.5. The molecule has 7 nitrogen and oxygen atoms in total. The van der Waals surface area contributed by atoms with Gasteiger partial charge in [0.05, 0.1) is 6.04 Å². The first-order valence-corrected chi connectivity index (χ1v) is 6.51. The molecule has 0 radical (unpaired) electrons. The lowest BCUT2D eigenvalue weighted by Gasteiger charge is -2.18. The van der Waals surface area contributed by atoms with E-state index in [1.165, 1.54) is 0 Å². The summed E-state index contributed by atoms with van der Waals surface area (Å²) in [7, 11) is 0. The van der Waals surface area contributed by atoms with Crippen molar-refractivity contribution >= 4 is 17.8 Å². The minimum absolute atomic E-state index is 0.0610. The van der Waals surface area contributed by atoms with E-state index in [0.717, 1.165) is 5.56 Å². The van der Waals surface area contributed by atoms with E-state index in [4.69, 9.17) is 16.6 Å². The molecule has 114 valence electrons. The molecule has 6 N–H and O–H groups in total. The van der Waals surface area contributed by atoms with Crippen LogP contribution in [0.25, 0.3) is 0 Å². The molecule has 2 atom stereocenters. The van der Waals surface area contributed by atoms with E-state index < -0.39 is 29.9 Å². The molecule has 0 aliphatic rings. The first-order chi connectivity index (χ1) is 9.90. The Morgan fingerprint density at radius 3 is 2.33 bits per heavy atom. The Labute approximate surface area is 122 Å². The van der Waals surface area contributed by atoms with Gasteiger partial charge in [-0.2, -0.15) is 0 Å². The number of carboxylic acids is 1. The van der Waals surface area contributed by atoms with Gasteiger partial charge in [0.2, 0.25) is 11.8 Å². The molecule has 21 heavy (non-hydrogen) atoms. The molecule has 0 saturated heterocycles. The number of benzene rings is 1. The van der Waals surface area contributed by atoms with Crippen LogP contribution in [0.15, 0.2) is 30.3 Å². The summed E-state index contributed by atoms with van der Waals surface area (Å²) in [6, 6.07) is 7.32. The van der Waals surface area contributed by atoms with Crippen molar-refractivity contribution in [3.05, 3.63) is 35.9 Å². The number of nitrogens with two attached hydrogens (primary N) is 2. The van der Waals surface area contributed by atoms with Gasteiger partial charge in [-0.1, -0.05) is 30.3 Å². The molecule has 2 amide bonds. The number of carboxylic acid groups (broad SMARTS) is 1. The van der Waals surface area contributed by atoms with Crippen LogP contribution in [-0.4, -0.2) is 35.0 Å². The maximum Gasteiger partial charge on any atom is 0.303 e. The average Bonchev–Trinajstić information content (AvgIpc) is 2.43. The molecule has 0 bridgehead atoms. The third-order valence-electron chi connectivity index (χ3n) is 2.94. The second-order valence-electron chi connectivity index (χ2n) is 4.69. The second kappa shape index (κ2) is 8.01. The monoisotopic (exact) mass is 293 g/mol. The van der Waals surface area contributed by atoms with E-state index in [9.17, 15) is 14.4 Å². The van der Waals surface area contributed by atoms with Crippen molar-refractivity contribution in [2.75, 3.05) is 0 Å². The molecule has 1 aromatic rings. The summed E-state index contributed by atoms with van der Waals surface area (Å²) in [5.74, 6) is -2.38. The molecule has 0 saturated carbocycles. The van der Waals surface area contributed by atoms with Crippen LogP contribution < -0.4 is 16.8 Å². The normalized spacial score (nSPS) is 13.2. The number of amides is 2. The Bertz CT molecular complexity index is 504. The quantitative estimate of drug-likeness (QED) is 0.507. The Balaban J connectivity index is 2.56. The molecule has 0 spiro atoms. The zero-order valence-corrected chi connectivity index (χ0v) is 11.5. The van der Waals surface area contributed by atoms with Gasteiger partial charge in [0.25, 0.3) is 0 Å². The van der Waals surface area contributed by atoms with Crippen LogP contribution in [0.5, 0.6) is 0 Å². The molecule has 0 aliphatic heterocycles. The van der Waals surface area contributed by atoms with Crippen LogP contribution in [0.2, 0.25) is 0 Å². The number of rotatable bonds is 8. The van der Waals surface area contributed by atoms with Gasteiger partial charge >= 0.3 is 5.97 Å². The summed E-state index contributed by atoms with van der Waals surface area (Å²) in [6.07, 6.45) is -0.00659. The van der Waals surface area contributed by atoms with E-state index in [1.54, 1.807) is 0 Å². The summed E-state index contributed by atoms with van der Waals surface area (Å²) in [6.45, 7) is 0. The zero-order chi connectivity index (χ0) is 15.8. The smallest absolute Gasteiger partial charge is 0.303 e. The van der Waals surface area contributed by atoms with Crippen molar-refractivity contribution in [2.24, 2.45) is 11.5 Å². The fourth-order valence-electron chi connectivity index (χ4n) is 1.79. The topological polar surface area (TPSA) is 136 Å². The summed E-state index contributed by atoms with van der Waals surface area (Å²) < 4.78 is 0. The van der Waals surface area contributed by atoms with Gasteiger partial charge in [0.1, 0.15) is 6.04 Å². The number of nitrogens with one attached hydrogen (secondary N) is 1. The molecule has 0 aromatic heterocycles. The van der Waals surface area contributed by atoms with E-state index in [0.29, 0.717) is 6.42 Å². The maximum absolute atomic E-state index is 11.9. The van der Waals surface area contributed by atoms with Gasteiger partial charge in [-0.25, -0.2) is 0 Å². The molecule has 7 heteroatoms. The Morgan fingerprint density at radius 2 is 1.81 bits per heavy atom. The number of carbonyl (C=O) groups is 3. The van der Waals surface area contributed by atoms with Crippen molar-refractivity contribution in [1.82, 2.24) is 5.32 Å². The number of carbonyl (C=O) groups excluding carboxylic acids is 2. The van der Waals surface area contributed by atoms with Crippen LogP contribution in [0.4, 0.5) is 0 Å². The lowest BCUT2D eigenvalue weighted by atomic mass is 10.0. The Kier molecular flexibility index (Phi) is 6.35. The van der Waals surface area contributed by atoms with Crippen LogP contribution in [0.1, 0.15) is 18.4 Å². The maximum atomic E-state index is 11.9. The summed E-state index contributed by atoms with van der Waals surface area (Å²) in [4.78, 5) is 33.6. The second-order valence-corrected chi connectivity index (χ2v) is 4.69. The van der Waals surface area contributed by atoms with Crippen LogP contribution in [-0.2, 0) is 20.8 Å². The van der Waals surface area contributed by atoms with E-state index in [-0.39, 0.29) is 12.8 Å². The van der Waals surface area contributed by atoms with Gasteiger partial charge in [0.15, 0.2) is 0 Å². The third-order valence-corrected chi connectivity index (χ3v) is 2.94. The van der Waals surface area contributed by atoms with Gasteiger partial charge in [0, 0.05) is 6.42 Å². The highest BCUT2D eigenvalue weighted by Gasteiger charge is 2.22. The Hall–Kier alpha value is -2.41. The predicted molar refractivity (Wildman–Crippen MR) is 76.1 cm³/mol. The summed E-state index contributed by atoms with van der Waals surface area (Å²) in [5.41, 5.74) is 11.8. The molecule has 0 heterocycles. The van der Waals surface area contributed by atoms with Crippen molar-refractivity contribution in [2.45, 2.75) is 31.3 Å². The number of aliphatic carboxylic acids is 1. The standard InChI is InChI=1S/C14H19N3O4/c15-10(8-9-4-2-1-3-5-9)14(21)17-11(13(16)20)6-7-12(18)19/h1-5,10-11H,6-8,15H2,(H2,16,20)(H,17,21)(H,18,19)/t10-,11-/m0/s1. The van der Waals surface area contributed by atoms with E-state index in [1.807, 2.05) is 30.3 Å². The van der Waals surface area contributed by atoms with Crippen LogP contribution in [0, 0.1) is 0 Å². The lowest BCUT2D eigenvalue weighted by Crippen LogP contribution is -2.51. The molecule has 0 fully saturated rings. The lowest BCUT2D eigenvalue weighted by molar-refractivity contribution is -0.137. The summed E-state index contributed by atoms with van der Waals surface area (Å²) in [5, 5.41) is 11.0. The van der Waals surface area contributed by atoms with E-state index >= 15 is 0 Å². The fourth-order valence-corrected chi connectivity index (χ4v) is 1.79. The fraction of sp³-hybridized carbons (Fsp3) is 0.357. The van der Waals surface area contributed by atoms with Crippen molar-refractivity contribution in [3.8, 4) is 0 Å². The summed E-state index contributed by atoms with van der Waals surface area (Å²) >= 11 is 0. The molecule has 1 aromatic carbocycles. The van der Waals surface area contributed by atoms with Gasteiger partial charge in [-0.15, -0.1) is 0 Å². The van der Waals surface area contributed by atoms with Crippen molar-refractivity contribution in [1.29, 1.82) is 0 Å². The number of hydrogen-bond donors (Lipinski definition) is 4. The van der Waals surface area contributed by atoms with Gasteiger partial charge in [-0.05, 0) is 18.4 Å². The van der Waals surface area contributed by atoms with Crippen molar-refractivity contribution < 1.29 is 19.5 Å². The molecule has 0 aliphatic carbocycles. The highest BCUT2D eigenvalue weighted by Crippen LogP contribution is 2.03. The van der Waals surface area contributed by atoms with Crippen LogP contribution in [0.3, 0.4) is 0 Å². The average molecular weight is 293 g/mol. The highest BCUT2D eigenvalue weighted by molar-refractivity contribution is 5.89. The third kappa shape index (κ3) is 6.05. The van der Waals surface area contributed by atoms with Crippen molar-refractivity contribution in [3.63, 3.8) is 0 Å². The molecular formula is C14H19N3O4. The largest absolute Gasteiger partial charge is 0.481 e. The first-order valence-electron chi connectivity index (χ1n) is 6.51. The SMILES string of the molecule is NC(=O)[C@H](CCC(=O)O)NC(=O)[C@@H](N)Cc1ccccc1. The van der Waals surface area contributed by atoms with Crippen LogP contribution >= 0.6 is 0 Å². The first kappa shape index (κ1) is 16.6.